The van der Waals surface area contributed by atoms with Crippen molar-refractivity contribution < 1.29 is 38.1 Å². The van der Waals surface area contributed by atoms with E-state index in [0.717, 1.165) is 23.1 Å². The monoisotopic (exact) mass is 439 g/mol. The van der Waals surface area contributed by atoms with Crippen LogP contribution in [-0.2, 0) is 4.79 Å². The Morgan fingerprint density at radius 2 is 1.77 bits per heavy atom. The fourth-order valence-corrected chi connectivity index (χ4v) is 3.03. The highest BCUT2D eigenvalue weighted by atomic mass is 19.2. The largest absolute Gasteiger partial charge is 0.394 e. The van der Waals surface area contributed by atoms with Gasteiger partial charge in [0.1, 0.15) is 5.82 Å². The molecule has 2 amide bonds. The van der Waals surface area contributed by atoms with Gasteiger partial charge in [0, 0.05) is 6.54 Å². The van der Waals surface area contributed by atoms with Crippen LogP contribution in [0.25, 0.3) is 0 Å². The first-order valence-corrected chi connectivity index (χ1v) is 9.24. The number of carbonyl (C=O) groups is 2. The van der Waals surface area contributed by atoms with E-state index < -0.39 is 66.4 Å². The zero-order chi connectivity index (χ0) is 22.8. The Bertz CT molecular complexity index is 998. The molecule has 8 nitrogen and oxygen atoms in total. The van der Waals surface area contributed by atoms with Crippen molar-refractivity contribution in [3.05, 3.63) is 59.4 Å². The molecule has 11 heteroatoms. The summed E-state index contributed by atoms with van der Waals surface area (Å²) in [4.78, 5) is 25.9. The number of nitrogens with one attached hydrogen (secondary N) is 2. The molecule has 0 spiro atoms. The minimum atomic E-state index is -1.94. The highest BCUT2D eigenvalue weighted by Gasteiger charge is 2.50. The lowest BCUT2D eigenvalue weighted by Gasteiger charge is -2.45. The second kappa shape index (κ2) is 8.92. The van der Waals surface area contributed by atoms with Crippen molar-refractivity contribution in [1.82, 2.24) is 10.2 Å². The van der Waals surface area contributed by atoms with Gasteiger partial charge in [-0.2, -0.15) is 0 Å². The number of nitrogens with zero attached hydrogens (tertiary/aromatic N) is 1. The molecule has 2 aromatic rings. The van der Waals surface area contributed by atoms with Gasteiger partial charge in [0.05, 0.1) is 42.7 Å². The van der Waals surface area contributed by atoms with E-state index in [1.807, 2.05) is 0 Å². The van der Waals surface area contributed by atoms with E-state index in [2.05, 4.69) is 10.6 Å². The van der Waals surface area contributed by atoms with Crippen LogP contribution in [0.4, 0.5) is 24.5 Å². The van der Waals surface area contributed by atoms with E-state index >= 15 is 0 Å². The Kier molecular flexibility index (Phi) is 6.48. The first-order chi connectivity index (χ1) is 14.7. The Labute approximate surface area is 174 Å². The molecule has 1 heterocycles. The number of halogens is 3. The maximum atomic E-state index is 14.4. The van der Waals surface area contributed by atoms with Crippen molar-refractivity contribution >= 4 is 23.2 Å². The zero-order valence-corrected chi connectivity index (χ0v) is 16.1. The number of β-amino-alcohol motifs (C(OH)–C–C–N with tert-alkyl or cyclic N) is 1. The predicted molar refractivity (Wildman–Crippen MR) is 103 cm³/mol. The normalized spacial score (nSPS) is 15.7. The molecule has 0 aliphatic carbocycles. The lowest BCUT2D eigenvalue weighted by atomic mass is 9.91. The van der Waals surface area contributed by atoms with Gasteiger partial charge in [-0.3, -0.25) is 9.59 Å². The van der Waals surface area contributed by atoms with Crippen LogP contribution >= 0.6 is 0 Å². The number of anilines is 2. The van der Waals surface area contributed by atoms with Gasteiger partial charge in [-0.15, -0.1) is 0 Å². The molecular weight excluding hydrogens is 419 g/mol. The zero-order valence-electron chi connectivity index (χ0n) is 16.1. The third-order valence-corrected chi connectivity index (χ3v) is 4.78. The van der Waals surface area contributed by atoms with Gasteiger partial charge in [-0.1, -0.05) is 12.1 Å². The Balaban J connectivity index is 1.77. The number of hydrogen-bond donors (Lipinski definition) is 5. The molecule has 1 saturated heterocycles. The third kappa shape index (κ3) is 4.63. The fraction of sp³-hybridized carbons (Fsp3) is 0.300. The van der Waals surface area contributed by atoms with Gasteiger partial charge < -0.3 is 30.9 Å². The SMILES string of the molecule is O=C(c1ccc(F)c(F)c1Nc1ccccc1F)N1CC(O)(C(=O)NCC(O)CO)C1. The number of benzene rings is 2. The molecule has 1 fully saturated rings. The van der Waals surface area contributed by atoms with Crippen LogP contribution < -0.4 is 10.6 Å². The van der Waals surface area contributed by atoms with E-state index in [-0.39, 0.29) is 17.8 Å². The smallest absolute Gasteiger partial charge is 0.256 e. The second-order valence-corrected chi connectivity index (χ2v) is 7.13. The van der Waals surface area contributed by atoms with Crippen molar-refractivity contribution in [1.29, 1.82) is 0 Å². The summed E-state index contributed by atoms with van der Waals surface area (Å²) in [5.74, 6) is -5.06. The topological polar surface area (TPSA) is 122 Å². The minimum absolute atomic E-state index is 0.178. The third-order valence-electron chi connectivity index (χ3n) is 4.78. The van der Waals surface area contributed by atoms with Crippen molar-refractivity contribution in [2.24, 2.45) is 0 Å². The fourth-order valence-electron chi connectivity index (χ4n) is 3.03. The lowest BCUT2D eigenvalue weighted by Crippen LogP contribution is -2.70. The molecule has 1 aliphatic rings. The predicted octanol–water partition coefficient (Wildman–Crippen LogP) is 0.504. The van der Waals surface area contributed by atoms with Crippen molar-refractivity contribution in [3.8, 4) is 0 Å². The Morgan fingerprint density at radius 1 is 1.10 bits per heavy atom. The maximum absolute atomic E-state index is 14.4. The average Bonchev–Trinajstić information content (AvgIpc) is 2.73. The van der Waals surface area contributed by atoms with Gasteiger partial charge >= 0.3 is 0 Å². The van der Waals surface area contributed by atoms with Crippen LogP contribution in [0.5, 0.6) is 0 Å². The molecule has 0 radical (unpaired) electrons. The van der Waals surface area contributed by atoms with Crippen LogP contribution in [0.1, 0.15) is 10.4 Å². The molecule has 2 aromatic carbocycles. The molecular formula is C20H20F3N3O5. The van der Waals surface area contributed by atoms with Gasteiger partial charge in [0.25, 0.3) is 11.8 Å². The number of aliphatic hydroxyl groups excluding tert-OH is 2. The van der Waals surface area contributed by atoms with Crippen LogP contribution in [-0.4, -0.2) is 70.0 Å². The maximum Gasteiger partial charge on any atom is 0.256 e. The van der Waals surface area contributed by atoms with E-state index in [4.69, 9.17) is 5.11 Å². The molecule has 1 atom stereocenters. The van der Waals surface area contributed by atoms with Gasteiger partial charge in [-0.25, -0.2) is 13.2 Å². The summed E-state index contributed by atoms with van der Waals surface area (Å²) < 4.78 is 42.1. The average molecular weight is 439 g/mol. The number of carbonyl (C=O) groups excluding carboxylic acids is 2. The van der Waals surface area contributed by atoms with E-state index in [1.165, 1.54) is 18.2 Å². The summed E-state index contributed by atoms with van der Waals surface area (Å²) in [7, 11) is 0. The molecule has 166 valence electrons. The summed E-state index contributed by atoms with van der Waals surface area (Å²) in [5.41, 5.74) is -3.02. The Morgan fingerprint density at radius 3 is 2.42 bits per heavy atom. The minimum Gasteiger partial charge on any atom is -0.394 e. The summed E-state index contributed by atoms with van der Waals surface area (Å²) >= 11 is 0. The first kappa shape index (κ1) is 22.5. The van der Waals surface area contributed by atoms with E-state index in [0.29, 0.717) is 0 Å². The molecule has 31 heavy (non-hydrogen) atoms. The van der Waals surface area contributed by atoms with Crippen molar-refractivity contribution in [3.63, 3.8) is 0 Å². The van der Waals surface area contributed by atoms with Crippen LogP contribution in [0.3, 0.4) is 0 Å². The second-order valence-electron chi connectivity index (χ2n) is 7.13. The summed E-state index contributed by atoms with van der Waals surface area (Å²) in [6.45, 7) is -1.77. The summed E-state index contributed by atoms with van der Waals surface area (Å²) in [6, 6.07) is 7.00. The molecule has 0 aromatic heterocycles. The van der Waals surface area contributed by atoms with Gasteiger partial charge in [-0.05, 0) is 24.3 Å². The number of para-hydroxylation sites is 1. The molecule has 1 aliphatic heterocycles. The van der Waals surface area contributed by atoms with Crippen LogP contribution in [0.2, 0.25) is 0 Å². The first-order valence-electron chi connectivity index (χ1n) is 9.24. The van der Waals surface area contributed by atoms with Crippen LogP contribution in [0.15, 0.2) is 36.4 Å². The Hall–Kier alpha value is -3.15. The van der Waals surface area contributed by atoms with Gasteiger partial charge in [0.15, 0.2) is 17.2 Å². The summed E-state index contributed by atoms with van der Waals surface area (Å²) in [5, 5.41) is 33.0. The number of rotatable bonds is 7. The molecule has 0 saturated carbocycles. The molecule has 5 N–H and O–H groups in total. The van der Waals surface area contributed by atoms with Crippen LogP contribution in [0, 0.1) is 17.5 Å². The van der Waals surface area contributed by atoms with Gasteiger partial charge in [0.2, 0.25) is 0 Å². The highest BCUT2D eigenvalue weighted by Crippen LogP contribution is 2.31. The standard InChI is InChI=1S/C20H20F3N3O5/c21-13-3-1-2-4-15(13)25-17-12(5-6-14(22)16(17)23)18(29)26-9-20(31,10-26)19(30)24-7-11(28)8-27/h1-6,11,25,27-28,31H,7-10H2,(H,24,30). The highest BCUT2D eigenvalue weighted by molar-refractivity contribution is 6.02. The number of amides is 2. The molecule has 0 bridgehead atoms. The summed E-state index contributed by atoms with van der Waals surface area (Å²) in [6.07, 6.45) is -1.21. The van der Waals surface area contributed by atoms with E-state index in [9.17, 15) is 33.0 Å². The molecule has 1 unspecified atom stereocenters. The van der Waals surface area contributed by atoms with E-state index in [1.54, 1.807) is 0 Å². The number of likely N-dealkylation sites (tertiary alicyclic amines) is 1. The van der Waals surface area contributed by atoms with Crippen molar-refractivity contribution in [2.45, 2.75) is 11.7 Å². The quantitative estimate of drug-likeness (QED) is 0.429. The number of hydrogen-bond acceptors (Lipinski definition) is 6. The number of aliphatic hydroxyl groups is 3. The van der Waals surface area contributed by atoms with Crippen molar-refractivity contribution in [2.75, 3.05) is 31.6 Å². The molecule has 3 rings (SSSR count). The lowest BCUT2D eigenvalue weighted by molar-refractivity contribution is -0.155.